The molecular formula is C20H17BrClN5O3. The third kappa shape index (κ3) is 4.31. The first kappa shape index (κ1) is 20.4. The number of rotatable bonds is 5. The first-order chi connectivity index (χ1) is 14.4. The van der Waals surface area contributed by atoms with E-state index < -0.39 is 6.04 Å². The van der Waals surface area contributed by atoms with E-state index in [9.17, 15) is 9.59 Å². The second-order valence-electron chi connectivity index (χ2n) is 6.77. The van der Waals surface area contributed by atoms with Crippen molar-refractivity contribution in [3.63, 3.8) is 0 Å². The highest BCUT2D eigenvalue weighted by Gasteiger charge is 2.30. The molecule has 2 heterocycles. The molecule has 0 radical (unpaired) electrons. The van der Waals surface area contributed by atoms with Gasteiger partial charge in [-0.3, -0.25) is 14.9 Å². The van der Waals surface area contributed by atoms with Gasteiger partial charge in [-0.1, -0.05) is 27.5 Å². The number of carbonyl (C=O) groups is 2. The first-order valence-electron chi connectivity index (χ1n) is 9.08. The maximum absolute atomic E-state index is 12.4. The molecule has 1 atom stereocenters. The molecule has 8 nitrogen and oxygen atoms in total. The Morgan fingerprint density at radius 3 is 3.00 bits per heavy atom. The van der Waals surface area contributed by atoms with E-state index in [4.69, 9.17) is 16.3 Å². The van der Waals surface area contributed by atoms with Gasteiger partial charge in [0.05, 0.1) is 12.5 Å². The Hall–Kier alpha value is -2.91. The lowest BCUT2D eigenvalue weighted by molar-refractivity contribution is -0.118. The zero-order chi connectivity index (χ0) is 21.3. The summed E-state index contributed by atoms with van der Waals surface area (Å²) in [4.78, 5) is 28.6. The lowest BCUT2D eigenvalue weighted by Gasteiger charge is -2.25. The Balaban J connectivity index is 1.53. The molecule has 1 aromatic heterocycles. The number of hydrogen-bond acceptors (Lipinski definition) is 5. The Morgan fingerprint density at radius 2 is 2.20 bits per heavy atom. The van der Waals surface area contributed by atoms with E-state index in [1.807, 2.05) is 25.1 Å². The van der Waals surface area contributed by atoms with Crippen LogP contribution in [0.2, 0.25) is 5.02 Å². The monoisotopic (exact) mass is 489 g/mol. The van der Waals surface area contributed by atoms with Crippen LogP contribution in [-0.4, -0.2) is 33.2 Å². The molecule has 3 aromatic rings. The average molecular weight is 491 g/mol. The van der Waals surface area contributed by atoms with E-state index in [2.05, 4.69) is 36.6 Å². The first-order valence-corrected chi connectivity index (χ1v) is 10.3. The van der Waals surface area contributed by atoms with Gasteiger partial charge in [-0.05, 0) is 48.9 Å². The van der Waals surface area contributed by atoms with E-state index in [1.165, 1.54) is 6.33 Å². The molecule has 0 spiro atoms. The summed E-state index contributed by atoms with van der Waals surface area (Å²) in [6.07, 6.45) is 1.52. The fourth-order valence-electron chi connectivity index (χ4n) is 3.26. The molecule has 154 valence electrons. The van der Waals surface area contributed by atoms with Gasteiger partial charge in [0.2, 0.25) is 11.9 Å². The highest BCUT2D eigenvalue weighted by atomic mass is 79.9. The van der Waals surface area contributed by atoms with Crippen molar-refractivity contribution in [3.8, 4) is 5.75 Å². The van der Waals surface area contributed by atoms with Crippen molar-refractivity contribution < 1.29 is 14.3 Å². The molecule has 2 aromatic carbocycles. The smallest absolute Gasteiger partial charge is 0.262 e. The number of amides is 2. The predicted octanol–water partition coefficient (Wildman–Crippen LogP) is 3.95. The van der Waals surface area contributed by atoms with Gasteiger partial charge >= 0.3 is 0 Å². The molecule has 0 fully saturated rings. The number of halogens is 2. The molecule has 1 aliphatic heterocycles. The highest BCUT2D eigenvalue weighted by molar-refractivity contribution is 9.10. The van der Waals surface area contributed by atoms with Crippen molar-refractivity contribution in [3.05, 3.63) is 63.3 Å². The molecule has 10 heteroatoms. The van der Waals surface area contributed by atoms with Crippen LogP contribution in [0, 0.1) is 6.92 Å². The van der Waals surface area contributed by atoms with E-state index in [0.29, 0.717) is 28.0 Å². The topological polar surface area (TPSA) is 98.1 Å². The number of aryl methyl sites for hydroxylation is 1. The number of hydrogen-bond donors (Lipinski definition) is 2. The molecule has 2 N–H and O–H groups in total. The molecule has 0 saturated carbocycles. The highest BCUT2D eigenvalue weighted by Crippen LogP contribution is 2.36. The van der Waals surface area contributed by atoms with Crippen LogP contribution in [0.15, 0.2) is 47.2 Å². The zero-order valence-corrected chi connectivity index (χ0v) is 18.2. The minimum atomic E-state index is -0.443. The van der Waals surface area contributed by atoms with Crippen LogP contribution in [0.1, 0.15) is 23.6 Å². The number of fused-ring (bicyclic) bond motifs is 1. The Kier molecular flexibility index (Phi) is 5.74. The van der Waals surface area contributed by atoms with Crippen molar-refractivity contribution >= 4 is 51.0 Å². The summed E-state index contributed by atoms with van der Waals surface area (Å²) in [5.41, 5.74) is 2.29. The molecule has 1 aliphatic rings. The SMILES string of the molecule is Cc1cc(Br)ccc1NC(=O)COc1ccc(Cl)cc1[C@H]1CC(=O)Nc2ncnn21. The Morgan fingerprint density at radius 1 is 1.37 bits per heavy atom. The average Bonchev–Trinajstić information content (AvgIpc) is 3.17. The van der Waals surface area contributed by atoms with Gasteiger partial charge in [0.1, 0.15) is 12.1 Å². The van der Waals surface area contributed by atoms with E-state index in [0.717, 1.165) is 10.0 Å². The maximum atomic E-state index is 12.4. The van der Waals surface area contributed by atoms with Crippen molar-refractivity contribution in [2.75, 3.05) is 17.2 Å². The van der Waals surface area contributed by atoms with Gasteiger partial charge in [0.15, 0.2) is 6.61 Å². The van der Waals surface area contributed by atoms with Crippen LogP contribution in [-0.2, 0) is 9.59 Å². The summed E-state index contributed by atoms with van der Waals surface area (Å²) in [7, 11) is 0. The third-order valence-electron chi connectivity index (χ3n) is 4.65. The summed E-state index contributed by atoms with van der Waals surface area (Å²) >= 11 is 9.59. The Labute approximate surface area is 185 Å². The largest absolute Gasteiger partial charge is 0.483 e. The summed E-state index contributed by atoms with van der Waals surface area (Å²) in [6.45, 7) is 1.70. The lowest BCUT2D eigenvalue weighted by Crippen LogP contribution is -2.30. The van der Waals surface area contributed by atoms with Crippen molar-refractivity contribution in [2.24, 2.45) is 0 Å². The van der Waals surface area contributed by atoms with Crippen LogP contribution in [0.5, 0.6) is 5.75 Å². The van der Waals surface area contributed by atoms with Crippen LogP contribution in [0.4, 0.5) is 11.6 Å². The van der Waals surface area contributed by atoms with Gasteiger partial charge in [-0.2, -0.15) is 10.1 Å². The fraction of sp³-hybridized carbons (Fsp3) is 0.200. The number of nitrogens with one attached hydrogen (secondary N) is 2. The molecule has 0 saturated heterocycles. The lowest BCUT2D eigenvalue weighted by atomic mass is 10.0. The maximum Gasteiger partial charge on any atom is 0.262 e. The molecule has 4 rings (SSSR count). The van der Waals surface area contributed by atoms with Crippen LogP contribution >= 0.6 is 27.5 Å². The summed E-state index contributed by atoms with van der Waals surface area (Å²) in [5.74, 6) is 0.313. The minimum Gasteiger partial charge on any atom is -0.483 e. The standard InChI is InChI=1S/C20H17BrClN5O3/c1-11-6-12(21)2-4-15(11)25-19(29)9-30-17-5-3-13(22)7-14(17)16-8-18(28)26-20-23-10-24-27(16)20/h2-7,10,16H,8-9H2,1H3,(H,25,29)(H,23,24,26,28)/t16-/m1/s1. The minimum absolute atomic E-state index is 0.150. The molecule has 0 aliphatic carbocycles. The number of aromatic nitrogens is 3. The zero-order valence-electron chi connectivity index (χ0n) is 15.9. The fourth-order valence-corrected chi connectivity index (χ4v) is 3.91. The molecule has 0 unspecified atom stereocenters. The van der Waals surface area contributed by atoms with Crippen LogP contribution in [0.25, 0.3) is 0 Å². The number of nitrogens with zero attached hydrogens (tertiary/aromatic N) is 3. The van der Waals surface area contributed by atoms with Gasteiger partial charge in [-0.15, -0.1) is 0 Å². The molecular weight excluding hydrogens is 474 g/mol. The van der Waals surface area contributed by atoms with Crippen LogP contribution < -0.4 is 15.4 Å². The van der Waals surface area contributed by atoms with Crippen molar-refractivity contribution in [1.82, 2.24) is 14.8 Å². The van der Waals surface area contributed by atoms with Gasteiger partial charge < -0.3 is 10.1 Å². The van der Waals surface area contributed by atoms with E-state index in [-0.39, 0.29) is 24.8 Å². The number of carbonyl (C=O) groups excluding carboxylic acids is 2. The Bertz CT molecular complexity index is 1130. The number of ether oxygens (including phenoxy) is 1. The number of benzene rings is 2. The normalized spacial score (nSPS) is 15.3. The van der Waals surface area contributed by atoms with E-state index >= 15 is 0 Å². The summed E-state index contributed by atoms with van der Waals surface area (Å²) in [6, 6.07) is 10.2. The molecule has 30 heavy (non-hydrogen) atoms. The van der Waals surface area contributed by atoms with Gasteiger partial charge in [-0.25, -0.2) is 4.68 Å². The van der Waals surface area contributed by atoms with Gasteiger partial charge in [0.25, 0.3) is 5.91 Å². The molecule has 0 bridgehead atoms. The van der Waals surface area contributed by atoms with Crippen LogP contribution in [0.3, 0.4) is 0 Å². The van der Waals surface area contributed by atoms with Gasteiger partial charge in [0, 0.05) is 20.7 Å². The summed E-state index contributed by atoms with van der Waals surface area (Å²) in [5, 5.41) is 10.2. The predicted molar refractivity (Wildman–Crippen MR) is 116 cm³/mol. The van der Waals surface area contributed by atoms with Crippen molar-refractivity contribution in [1.29, 1.82) is 0 Å². The van der Waals surface area contributed by atoms with E-state index in [1.54, 1.807) is 22.9 Å². The third-order valence-corrected chi connectivity index (χ3v) is 5.38. The quantitative estimate of drug-likeness (QED) is 0.564. The number of anilines is 2. The second-order valence-corrected chi connectivity index (χ2v) is 8.13. The van der Waals surface area contributed by atoms with Crippen molar-refractivity contribution in [2.45, 2.75) is 19.4 Å². The summed E-state index contributed by atoms with van der Waals surface area (Å²) < 4.78 is 8.33. The second kappa shape index (κ2) is 8.45. The molecule has 2 amide bonds.